The van der Waals surface area contributed by atoms with Gasteiger partial charge in [-0.15, -0.1) is 0 Å². The highest BCUT2D eigenvalue weighted by Crippen LogP contribution is 2.33. The fraction of sp³-hybridized carbons (Fsp3) is 0.200. The van der Waals surface area contributed by atoms with Gasteiger partial charge in [0.05, 0.1) is 5.56 Å². The second-order valence-electron chi connectivity index (χ2n) is 4.69. The SMILES string of the molecule is Cc1cc(N2CCc3ccccc32)ncc1C(=O)O. The van der Waals surface area contributed by atoms with Crippen molar-refractivity contribution in [1.82, 2.24) is 4.98 Å². The largest absolute Gasteiger partial charge is 0.478 e. The molecule has 1 aromatic carbocycles. The van der Waals surface area contributed by atoms with Crippen molar-refractivity contribution in [2.75, 3.05) is 11.4 Å². The molecule has 0 bridgehead atoms. The van der Waals surface area contributed by atoms with Gasteiger partial charge >= 0.3 is 5.97 Å². The number of carboxylic acids is 1. The van der Waals surface area contributed by atoms with Gasteiger partial charge in [0.1, 0.15) is 5.82 Å². The van der Waals surface area contributed by atoms with Crippen molar-refractivity contribution < 1.29 is 9.90 Å². The molecule has 2 aromatic rings. The molecule has 3 rings (SSSR count). The fourth-order valence-corrected chi connectivity index (χ4v) is 2.49. The zero-order valence-electron chi connectivity index (χ0n) is 10.6. The number of fused-ring (bicyclic) bond motifs is 1. The third kappa shape index (κ3) is 1.95. The number of carboxylic acid groups (broad SMARTS) is 1. The molecule has 4 heteroatoms. The van der Waals surface area contributed by atoms with Crippen LogP contribution in [0.5, 0.6) is 0 Å². The van der Waals surface area contributed by atoms with Gasteiger partial charge < -0.3 is 10.0 Å². The zero-order valence-corrected chi connectivity index (χ0v) is 10.6. The summed E-state index contributed by atoms with van der Waals surface area (Å²) in [6, 6.07) is 10.1. The van der Waals surface area contributed by atoms with Crippen LogP contribution in [0.15, 0.2) is 36.5 Å². The molecule has 0 amide bonds. The first-order chi connectivity index (χ1) is 9.16. The van der Waals surface area contributed by atoms with E-state index in [2.05, 4.69) is 22.0 Å². The number of hydrogen-bond acceptors (Lipinski definition) is 3. The van der Waals surface area contributed by atoms with Gasteiger partial charge in [-0.3, -0.25) is 0 Å². The Kier molecular flexibility index (Phi) is 2.71. The molecule has 4 nitrogen and oxygen atoms in total. The molecule has 1 aliphatic rings. The first kappa shape index (κ1) is 11.7. The van der Waals surface area contributed by atoms with Crippen molar-refractivity contribution in [2.45, 2.75) is 13.3 Å². The van der Waals surface area contributed by atoms with Gasteiger partial charge in [-0.2, -0.15) is 0 Å². The van der Waals surface area contributed by atoms with Gasteiger partial charge in [0.2, 0.25) is 0 Å². The number of nitrogens with zero attached hydrogens (tertiary/aromatic N) is 2. The minimum absolute atomic E-state index is 0.260. The van der Waals surface area contributed by atoms with Crippen LogP contribution < -0.4 is 4.90 Å². The van der Waals surface area contributed by atoms with Crippen molar-refractivity contribution >= 4 is 17.5 Å². The summed E-state index contributed by atoms with van der Waals surface area (Å²) in [6.45, 7) is 2.69. The third-order valence-electron chi connectivity index (χ3n) is 3.49. The van der Waals surface area contributed by atoms with Crippen LogP contribution in [0.1, 0.15) is 21.5 Å². The standard InChI is InChI=1S/C15H14N2O2/c1-10-8-14(16-9-12(10)15(18)19)17-7-6-11-4-2-3-5-13(11)17/h2-5,8-9H,6-7H2,1H3,(H,18,19). The van der Waals surface area contributed by atoms with E-state index in [1.807, 2.05) is 18.2 Å². The number of para-hydroxylation sites is 1. The van der Waals surface area contributed by atoms with E-state index in [1.165, 1.54) is 11.8 Å². The van der Waals surface area contributed by atoms with Crippen LogP contribution in [0.3, 0.4) is 0 Å². The van der Waals surface area contributed by atoms with Gasteiger partial charge in [0, 0.05) is 18.4 Å². The maximum Gasteiger partial charge on any atom is 0.337 e. The van der Waals surface area contributed by atoms with Crippen LogP contribution >= 0.6 is 0 Å². The van der Waals surface area contributed by atoms with E-state index in [-0.39, 0.29) is 5.56 Å². The third-order valence-corrected chi connectivity index (χ3v) is 3.49. The second-order valence-corrected chi connectivity index (χ2v) is 4.69. The molecule has 0 unspecified atom stereocenters. The van der Waals surface area contributed by atoms with E-state index < -0.39 is 5.97 Å². The topological polar surface area (TPSA) is 53.4 Å². The molecule has 96 valence electrons. The quantitative estimate of drug-likeness (QED) is 0.895. The molecule has 0 fully saturated rings. The highest BCUT2D eigenvalue weighted by atomic mass is 16.4. The average molecular weight is 254 g/mol. The van der Waals surface area contributed by atoms with Crippen molar-refractivity contribution in [3.05, 3.63) is 53.2 Å². The van der Waals surface area contributed by atoms with Gasteiger partial charge in [0.25, 0.3) is 0 Å². The first-order valence-corrected chi connectivity index (χ1v) is 6.22. The molecule has 1 aromatic heterocycles. The molecular formula is C15H14N2O2. The molecule has 2 heterocycles. The Bertz CT molecular complexity index is 652. The average Bonchev–Trinajstić information content (AvgIpc) is 2.82. The number of pyridine rings is 1. The first-order valence-electron chi connectivity index (χ1n) is 6.22. The molecule has 1 aliphatic heterocycles. The minimum Gasteiger partial charge on any atom is -0.478 e. The molecule has 0 saturated heterocycles. The van der Waals surface area contributed by atoms with Crippen LogP contribution in [-0.2, 0) is 6.42 Å². The van der Waals surface area contributed by atoms with E-state index in [0.717, 1.165) is 30.0 Å². The Morgan fingerprint density at radius 2 is 2.16 bits per heavy atom. The van der Waals surface area contributed by atoms with Crippen molar-refractivity contribution in [2.24, 2.45) is 0 Å². The predicted octanol–water partition coefficient (Wildman–Crippen LogP) is 2.78. The predicted molar refractivity (Wildman–Crippen MR) is 73.1 cm³/mol. The molecular weight excluding hydrogens is 240 g/mol. The number of hydrogen-bond donors (Lipinski definition) is 1. The molecule has 0 aliphatic carbocycles. The molecule has 0 atom stereocenters. The molecule has 0 radical (unpaired) electrons. The molecule has 1 N–H and O–H groups in total. The smallest absolute Gasteiger partial charge is 0.337 e. The van der Waals surface area contributed by atoms with E-state index in [0.29, 0.717) is 0 Å². The molecule has 19 heavy (non-hydrogen) atoms. The Hall–Kier alpha value is -2.36. The Labute approximate surface area is 111 Å². The lowest BCUT2D eigenvalue weighted by Crippen LogP contribution is -2.15. The summed E-state index contributed by atoms with van der Waals surface area (Å²) in [5.74, 6) is -0.120. The number of aromatic carboxylic acids is 1. The lowest BCUT2D eigenvalue weighted by atomic mass is 10.1. The summed E-state index contributed by atoms with van der Waals surface area (Å²) < 4.78 is 0. The number of benzene rings is 1. The molecule has 0 saturated carbocycles. The zero-order chi connectivity index (χ0) is 13.4. The monoisotopic (exact) mass is 254 g/mol. The summed E-state index contributed by atoms with van der Waals surface area (Å²) in [6.07, 6.45) is 2.44. The van der Waals surface area contributed by atoms with E-state index in [9.17, 15) is 4.79 Å². The number of aromatic nitrogens is 1. The van der Waals surface area contributed by atoms with Crippen LogP contribution in [0, 0.1) is 6.92 Å². The lowest BCUT2D eigenvalue weighted by molar-refractivity contribution is 0.0695. The van der Waals surface area contributed by atoms with Crippen molar-refractivity contribution in [3.63, 3.8) is 0 Å². The van der Waals surface area contributed by atoms with Crippen LogP contribution in [-0.4, -0.2) is 22.6 Å². The van der Waals surface area contributed by atoms with Gasteiger partial charge in [-0.1, -0.05) is 18.2 Å². The van der Waals surface area contributed by atoms with Crippen LogP contribution in [0.4, 0.5) is 11.5 Å². The Morgan fingerprint density at radius 3 is 2.89 bits per heavy atom. The van der Waals surface area contributed by atoms with E-state index in [4.69, 9.17) is 5.11 Å². The highest BCUT2D eigenvalue weighted by molar-refractivity contribution is 5.89. The van der Waals surface area contributed by atoms with Crippen molar-refractivity contribution in [3.8, 4) is 0 Å². The minimum atomic E-state index is -0.932. The van der Waals surface area contributed by atoms with E-state index >= 15 is 0 Å². The number of aryl methyl sites for hydroxylation is 1. The van der Waals surface area contributed by atoms with Crippen molar-refractivity contribution in [1.29, 1.82) is 0 Å². The normalized spacial score (nSPS) is 13.4. The highest BCUT2D eigenvalue weighted by Gasteiger charge is 2.21. The summed E-state index contributed by atoms with van der Waals surface area (Å²) in [7, 11) is 0. The second kappa shape index (κ2) is 4.39. The maximum atomic E-state index is 11.0. The maximum absolute atomic E-state index is 11.0. The Balaban J connectivity index is 2.01. The van der Waals surface area contributed by atoms with Gasteiger partial charge in [-0.25, -0.2) is 9.78 Å². The summed E-state index contributed by atoms with van der Waals surface area (Å²) in [5, 5.41) is 9.03. The fourth-order valence-electron chi connectivity index (χ4n) is 2.49. The van der Waals surface area contributed by atoms with Gasteiger partial charge in [-0.05, 0) is 36.6 Å². The summed E-state index contributed by atoms with van der Waals surface area (Å²) >= 11 is 0. The lowest BCUT2D eigenvalue weighted by Gasteiger charge is -2.19. The summed E-state index contributed by atoms with van der Waals surface area (Å²) in [5.41, 5.74) is 3.47. The summed E-state index contributed by atoms with van der Waals surface area (Å²) in [4.78, 5) is 17.4. The van der Waals surface area contributed by atoms with Crippen LogP contribution in [0.2, 0.25) is 0 Å². The number of carbonyl (C=O) groups is 1. The molecule has 0 spiro atoms. The van der Waals surface area contributed by atoms with Crippen LogP contribution in [0.25, 0.3) is 0 Å². The Morgan fingerprint density at radius 1 is 1.37 bits per heavy atom. The van der Waals surface area contributed by atoms with Gasteiger partial charge in [0.15, 0.2) is 0 Å². The number of anilines is 2. The number of rotatable bonds is 2. The van der Waals surface area contributed by atoms with E-state index in [1.54, 1.807) is 6.92 Å².